The van der Waals surface area contributed by atoms with Gasteiger partial charge < -0.3 is 24.3 Å². The van der Waals surface area contributed by atoms with Crippen LogP contribution in [-0.2, 0) is 14.3 Å². The molecule has 0 spiro atoms. The lowest BCUT2D eigenvalue weighted by molar-refractivity contribution is -0.148. The maximum atomic E-state index is 12.2. The van der Waals surface area contributed by atoms with Crippen molar-refractivity contribution in [2.24, 2.45) is 0 Å². The smallest absolute Gasteiger partial charge is 0.331 e. The van der Waals surface area contributed by atoms with Gasteiger partial charge in [0.15, 0.2) is 6.10 Å². The number of esters is 1. The summed E-state index contributed by atoms with van der Waals surface area (Å²) in [6.07, 6.45) is 1.81. The Morgan fingerprint density at radius 2 is 1.68 bits per heavy atom. The molecule has 1 N–H and O–H groups in total. The molecule has 2 aromatic carbocycles. The molecule has 7 nitrogen and oxygen atoms in total. The Labute approximate surface area is 163 Å². The number of amides is 1. The van der Waals surface area contributed by atoms with Gasteiger partial charge in [0.1, 0.15) is 17.2 Å². The zero-order valence-electron chi connectivity index (χ0n) is 16.2. The first-order valence-corrected chi connectivity index (χ1v) is 8.52. The number of anilines is 1. The average molecular weight is 385 g/mol. The third-order valence-electron chi connectivity index (χ3n) is 3.84. The number of methoxy groups -OCH3 is 3. The van der Waals surface area contributed by atoms with Crippen LogP contribution in [0.2, 0.25) is 0 Å². The van der Waals surface area contributed by atoms with Crippen molar-refractivity contribution in [3.8, 4) is 17.2 Å². The van der Waals surface area contributed by atoms with Gasteiger partial charge in [0.25, 0.3) is 5.91 Å². The summed E-state index contributed by atoms with van der Waals surface area (Å²) in [4.78, 5) is 24.2. The summed E-state index contributed by atoms with van der Waals surface area (Å²) in [5, 5.41) is 2.67. The van der Waals surface area contributed by atoms with Crippen LogP contribution in [0.5, 0.6) is 17.2 Å². The Morgan fingerprint density at radius 1 is 0.964 bits per heavy atom. The Morgan fingerprint density at radius 3 is 2.36 bits per heavy atom. The van der Waals surface area contributed by atoms with E-state index in [1.165, 1.54) is 27.2 Å². The molecule has 0 unspecified atom stereocenters. The molecule has 1 atom stereocenters. The molecule has 1 amide bonds. The average Bonchev–Trinajstić information content (AvgIpc) is 2.72. The van der Waals surface area contributed by atoms with Crippen LogP contribution in [0.3, 0.4) is 0 Å². The van der Waals surface area contributed by atoms with E-state index in [1.807, 2.05) is 0 Å². The minimum Gasteiger partial charge on any atom is -0.497 e. The molecule has 0 aliphatic carbocycles. The topological polar surface area (TPSA) is 83.1 Å². The third-order valence-corrected chi connectivity index (χ3v) is 3.84. The number of carbonyl (C=O) groups is 2. The van der Waals surface area contributed by atoms with Gasteiger partial charge >= 0.3 is 5.97 Å². The van der Waals surface area contributed by atoms with Gasteiger partial charge in [-0.15, -0.1) is 0 Å². The first-order chi connectivity index (χ1) is 13.5. The van der Waals surface area contributed by atoms with Gasteiger partial charge in [0, 0.05) is 29.5 Å². The van der Waals surface area contributed by atoms with Crippen LogP contribution in [0.25, 0.3) is 6.08 Å². The second-order valence-electron chi connectivity index (χ2n) is 5.74. The standard InChI is InChI=1S/C21H23NO6/c1-14(21(24)22-16-6-5-7-17(12-16)25-2)28-20(23)11-9-15-8-10-18(26-3)13-19(15)27-4/h5-14H,1-4H3,(H,22,24)/b11-9+/t14-/m1/s1. The number of carbonyl (C=O) groups excluding carboxylic acids is 2. The molecule has 0 heterocycles. The highest BCUT2D eigenvalue weighted by atomic mass is 16.5. The van der Waals surface area contributed by atoms with Crippen LogP contribution in [0.15, 0.2) is 48.5 Å². The van der Waals surface area contributed by atoms with Crippen LogP contribution in [0.4, 0.5) is 5.69 Å². The molecule has 2 rings (SSSR count). The van der Waals surface area contributed by atoms with Gasteiger partial charge in [-0.3, -0.25) is 4.79 Å². The highest BCUT2D eigenvalue weighted by molar-refractivity contribution is 5.96. The van der Waals surface area contributed by atoms with Gasteiger partial charge in [-0.2, -0.15) is 0 Å². The van der Waals surface area contributed by atoms with E-state index < -0.39 is 18.0 Å². The van der Waals surface area contributed by atoms with E-state index in [-0.39, 0.29) is 0 Å². The molecular weight excluding hydrogens is 362 g/mol. The minimum absolute atomic E-state index is 0.447. The van der Waals surface area contributed by atoms with Gasteiger partial charge in [0.2, 0.25) is 0 Å². The molecule has 0 saturated carbocycles. The zero-order valence-corrected chi connectivity index (χ0v) is 16.2. The van der Waals surface area contributed by atoms with Crippen LogP contribution >= 0.6 is 0 Å². The number of rotatable bonds is 8. The summed E-state index contributed by atoms with van der Waals surface area (Å²) in [6.45, 7) is 1.50. The number of ether oxygens (including phenoxy) is 4. The molecule has 0 aliphatic heterocycles. The highest BCUT2D eigenvalue weighted by Gasteiger charge is 2.17. The van der Waals surface area contributed by atoms with Crippen molar-refractivity contribution in [2.45, 2.75) is 13.0 Å². The summed E-state index contributed by atoms with van der Waals surface area (Å²) in [5.74, 6) is 0.702. The highest BCUT2D eigenvalue weighted by Crippen LogP contribution is 2.25. The van der Waals surface area contributed by atoms with Gasteiger partial charge in [0.05, 0.1) is 21.3 Å². The largest absolute Gasteiger partial charge is 0.497 e. The SMILES string of the molecule is COc1cccc(NC(=O)[C@@H](C)OC(=O)/C=C/c2ccc(OC)cc2OC)c1. The van der Waals surface area contributed by atoms with E-state index in [4.69, 9.17) is 18.9 Å². The summed E-state index contributed by atoms with van der Waals surface area (Å²) < 4.78 is 20.7. The lowest BCUT2D eigenvalue weighted by atomic mass is 10.1. The molecule has 0 radical (unpaired) electrons. The number of hydrogen-bond donors (Lipinski definition) is 1. The first-order valence-electron chi connectivity index (χ1n) is 8.52. The molecule has 0 fully saturated rings. The fourth-order valence-corrected chi connectivity index (χ4v) is 2.33. The predicted octanol–water partition coefficient (Wildman–Crippen LogP) is 3.30. The monoisotopic (exact) mass is 385 g/mol. The first kappa shape index (κ1) is 20.8. The van der Waals surface area contributed by atoms with Crippen molar-refractivity contribution >= 4 is 23.6 Å². The quantitative estimate of drug-likeness (QED) is 0.555. The normalized spacial score (nSPS) is 11.6. The second-order valence-corrected chi connectivity index (χ2v) is 5.74. The zero-order chi connectivity index (χ0) is 20.5. The third kappa shape index (κ3) is 5.77. The van der Waals surface area contributed by atoms with Crippen molar-refractivity contribution in [3.05, 3.63) is 54.1 Å². The molecule has 28 heavy (non-hydrogen) atoms. The Hall–Kier alpha value is -3.48. The summed E-state index contributed by atoms with van der Waals surface area (Å²) in [6, 6.07) is 12.1. The lowest BCUT2D eigenvalue weighted by Gasteiger charge is -2.13. The maximum Gasteiger partial charge on any atom is 0.331 e. The molecule has 2 aromatic rings. The van der Waals surface area contributed by atoms with Crippen LogP contribution in [0, 0.1) is 0 Å². The van der Waals surface area contributed by atoms with Gasteiger partial charge in [-0.1, -0.05) is 6.07 Å². The van der Waals surface area contributed by atoms with E-state index in [9.17, 15) is 9.59 Å². The van der Waals surface area contributed by atoms with Crippen LogP contribution in [-0.4, -0.2) is 39.3 Å². The second kappa shape index (κ2) is 10.0. The van der Waals surface area contributed by atoms with E-state index in [0.717, 1.165) is 0 Å². The molecule has 148 valence electrons. The van der Waals surface area contributed by atoms with Crippen molar-refractivity contribution in [2.75, 3.05) is 26.6 Å². The molecular formula is C21H23NO6. The molecule has 0 aromatic heterocycles. The van der Waals surface area contributed by atoms with Crippen LogP contribution < -0.4 is 19.5 Å². The molecule has 0 saturated heterocycles. The summed E-state index contributed by atoms with van der Waals surface area (Å²) in [5.41, 5.74) is 1.22. The Bertz CT molecular complexity index is 862. The molecule has 0 aliphatic rings. The van der Waals surface area contributed by atoms with Crippen molar-refractivity contribution in [3.63, 3.8) is 0 Å². The van der Waals surface area contributed by atoms with E-state index >= 15 is 0 Å². The number of benzene rings is 2. The Kier molecular flexibility index (Phi) is 7.45. The van der Waals surface area contributed by atoms with Crippen molar-refractivity contribution < 1.29 is 28.5 Å². The summed E-state index contributed by atoms with van der Waals surface area (Å²) in [7, 11) is 4.62. The Balaban J connectivity index is 1.96. The lowest BCUT2D eigenvalue weighted by Crippen LogP contribution is -2.29. The molecule has 0 bridgehead atoms. The number of hydrogen-bond acceptors (Lipinski definition) is 6. The minimum atomic E-state index is -0.971. The number of nitrogens with one attached hydrogen (secondary N) is 1. The molecule has 7 heteroatoms. The van der Waals surface area contributed by atoms with Gasteiger partial charge in [-0.05, 0) is 37.3 Å². The van der Waals surface area contributed by atoms with E-state index in [2.05, 4.69) is 5.32 Å². The van der Waals surface area contributed by atoms with Crippen molar-refractivity contribution in [1.29, 1.82) is 0 Å². The van der Waals surface area contributed by atoms with Crippen molar-refractivity contribution in [1.82, 2.24) is 0 Å². The predicted molar refractivity (Wildman–Crippen MR) is 106 cm³/mol. The summed E-state index contributed by atoms with van der Waals surface area (Å²) >= 11 is 0. The maximum absolute atomic E-state index is 12.2. The van der Waals surface area contributed by atoms with Crippen LogP contribution in [0.1, 0.15) is 12.5 Å². The van der Waals surface area contributed by atoms with Gasteiger partial charge in [-0.25, -0.2) is 4.79 Å². The van der Waals surface area contributed by atoms with E-state index in [1.54, 1.807) is 55.7 Å². The fraction of sp³-hybridized carbons (Fsp3) is 0.238. The fourth-order valence-electron chi connectivity index (χ4n) is 2.33. The van der Waals surface area contributed by atoms with E-state index in [0.29, 0.717) is 28.5 Å².